The number of fused-ring (bicyclic) bond motifs is 1. The van der Waals surface area contributed by atoms with Crippen LogP contribution in [0.1, 0.15) is 63.1 Å². The molecule has 0 amide bonds. The van der Waals surface area contributed by atoms with Gasteiger partial charge in [-0.3, -0.25) is 14.1 Å². The number of rotatable bonds is 7. The molecule has 0 bridgehead atoms. The van der Waals surface area contributed by atoms with Gasteiger partial charge in [0.15, 0.2) is 0 Å². The van der Waals surface area contributed by atoms with Gasteiger partial charge in [0.1, 0.15) is 11.9 Å². The maximum Gasteiger partial charge on any atom is 0.316 e. The Morgan fingerprint density at radius 3 is 2.77 bits per heavy atom. The van der Waals surface area contributed by atoms with Crippen LogP contribution in [0.4, 0.5) is 4.39 Å². The largest absolute Gasteiger partial charge is 0.473 e. The number of pyridine rings is 1. The lowest BCUT2D eigenvalue weighted by Crippen LogP contribution is -2.26. The summed E-state index contributed by atoms with van der Waals surface area (Å²) in [4.78, 5) is 19.2. The Kier molecular flexibility index (Phi) is 8.27. The minimum Gasteiger partial charge on any atom is -0.473 e. The molecule has 4 rings (SSSR count). The average molecular weight is 545 g/mol. The number of aromatic nitrogens is 1. The Labute approximate surface area is 215 Å². The fourth-order valence-corrected chi connectivity index (χ4v) is 5.23. The van der Waals surface area contributed by atoms with E-state index in [0.717, 1.165) is 72.1 Å². The monoisotopic (exact) mass is 544 g/mol. The molecule has 1 saturated heterocycles. The summed E-state index contributed by atoms with van der Waals surface area (Å²) in [6, 6.07) is 9.88. The fraction of sp³-hybridized carbons (Fsp3) is 0.500. The molecule has 1 unspecified atom stereocenters. The summed E-state index contributed by atoms with van der Waals surface area (Å²) >= 11 is 3.82. The van der Waals surface area contributed by atoms with Crippen molar-refractivity contribution in [2.24, 2.45) is 5.41 Å². The van der Waals surface area contributed by atoms with Crippen molar-refractivity contribution in [1.29, 1.82) is 0 Å². The lowest BCUT2D eigenvalue weighted by atomic mass is 9.94. The van der Waals surface area contributed by atoms with E-state index in [2.05, 4.69) is 31.9 Å². The third-order valence-corrected chi connectivity index (χ3v) is 7.23. The second-order valence-corrected chi connectivity index (χ2v) is 11.3. The van der Waals surface area contributed by atoms with Gasteiger partial charge in [-0.2, -0.15) is 0 Å². The van der Waals surface area contributed by atoms with E-state index < -0.39 is 5.41 Å². The Balaban J connectivity index is 1.50. The number of ether oxygens (including phenoxy) is 2. The van der Waals surface area contributed by atoms with Gasteiger partial charge >= 0.3 is 5.97 Å². The van der Waals surface area contributed by atoms with Crippen molar-refractivity contribution >= 4 is 27.5 Å². The quantitative estimate of drug-likeness (QED) is 0.301. The summed E-state index contributed by atoms with van der Waals surface area (Å²) in [7, 11) is 0. The van der Waals surface area contributed by atoms with Crippen LogP contribution in [-0.2, 0) is 11.2 Å². The van der Waals surface area contributed by atoms with Crippen LogP contribution in [0.2, 0.25) is 0 Å². The molecule has 35 heavy (non-hydrogen) atoms. The highest BCUT2D eigenvalue weighted by atomic mass is 79.9. The van der Waals surface area contributed by atoms with E-state index in [1.54, 1.807) is 0 Å². The Bertz CT molecular complexity index is 1080. The maximum absolute atomic E-state index is 12.4. The molecule has 7 heteroatoms. The number of benzene rings is 1. The van der Waals surface area contributed by atoms with Crippen molar-refractivity contribution in [3.05, 3.63) is 57.7 Å². The number of carbonyl (C=O) groups excluding carboxylic acids is 1. The van der Waals surface area contributed by atoms with Crippen molar-refractivity contribution in [2.75, 3.05) is 26.3 Å². The highest BCUT2D eigenvalue weighted by Crippen LogP contribution is 2.39. The zero-order valence-corrected chi connectivity index (χ0v) is 22.4. The normalized spacial score (nSPS) is 18.8. The third kappa shape index (κ3) is 6.50. The van der Waals surface area contributed by atoms with Gasteiger partial charge in [0.25, 0.3) is 0 Å². The first kappa shape index (κ1) is 25.8. The molecular formula is C28H34BrFN2O3. The van der Waals surface area contributed by atoms with Crippen LogP contribution < -0.4 is 9.47 Å². The molecule has 0 saturated carbocycles. The second kappa shape index (κ2) is 11.2. The van der Waals surface area contributed by atoms with Gasteiger partial charge in [-0.25, -0.2) is 4.98 Å². The highest BCUT2D eigenvalue weighted by molar-refractivity contribution is 9.11. The van der Waals surface area contributed by atoms with Crippen LogP contribution >= 0.6 is 15.9 Å². The molecular weight excluding hydrogens is 511 g/mol. The van der Waals surface area contributed by atoms with E-state index in [-0.39, 0.29) is 18.7 Å². The summed E-state index contributed by atoms with van der Waals surface area (Å²) < 4.78 is 25.3. The van der Waals surface area contributed by atoms with E-state index in [0.29, 0.717) is 18.1 Å². The van der Waals surface area contributed by atoms with Crippen molar-refractivity contribution in [3.63, 3.8) is 0 Å². The number of halogens is 2. The Hall–Kier alpha value is -2.25. The Morgan fingerprint density at radius 2 is 2.06 bits per heavy atom. The molecule has 188 valence electrons. The number of carbonyl (C=O) groups is 1. The number of hydrogen-bond acceptors (Lipinski definition) is 5. The SMILES string of the molecule is CC(C)(C)C(=O)Oc1ccc2c(c1)CCCC(Br)=C2c1ccc(OC2CCN(CCCF)C2)nc1. The van der Waals surface area contributed by atoms with Gasteiger partial charge in [0, 0.05) is 47.5 Å². The van der Waals surface area contributed by atoms with Crippen LogP contribution in [0.15, 0.2) is 41.0 Å². The first-order valence-corrected chi connectivity index (χ1v) is 13.2. The molecule has 0 spiro atoms. The molecule has 1 aromatic heterocycles. The van der Waals surface area contributed by atoms with Gasteiger partial charge in [-0.15, -0.1) is 0 Å². The van der Waals surface area contributed by atoms with Gasteiger partial charge < -0.3 is 9.47 Å². The molecule has 2 aromatic rings. The molecule has 1 atom stereocenters. The van der Waals surface area contributed by atoms with Crippen LogP contribution in [0, 0.1) is 5.41 Å². The van der Waals surface area contributed by atoms with E-state index in [9.17, 15) is 9.18 Å². The molecule has 1 aliphatic heterocycles. The number of aryl methyl sites for hydroxylation is 1. The van der Waals surface area contributed by atoms with Crippen LogP contribution in [0.5, 0.6) is 11.6 Å². The number of nitrogens with zero attached hydrogens (tertiary/aromatic N) is 2. The number of hydrogen-bond donors (Lipinski definition) is 0. The lowest BCUT2D eigenvalue weighted by Gasteiger charge is -2.18. The molecule has 1 aromatic carbocycles. The molecule has 1 fully saturated rings. The van der Waals surface area contributed by atoms with E-state index in [1.165, 1.54) is 0 Å². The molecule has 2 heterocycles. The standard InChI is InChI=1S/C28H34BrFN2O3/c1-28(2,3)27(33)35-21-9-10-23-19(16-21)6-4-7-24(29)26(23)20-8-11-25(31-17-20)34-22-12-15-32(18-22)14-5-13-30/h8-11,16-17,22H,4-7,12-15,18H2,1-3H3. The number of likely N-dealkylation sites (tertiary alicyclic amines) is 1. The zero-order valence-electron chi connectivity index (χ0n) is 20.8. The van der Waals surface area contributed by atoms with Crippen LogP contribution in [-0.4, -0.2) is 48.3 Å². The molecule has 2 aliphatic rings. The van der Waals surface area contributed by atoms with Gasteiger partial charge in [0.2, 0.25) is 5.88 Å². The van der Waals surface area contributed by atoms with Crippen molar-refractivity contribution < 1.29 is 18.7 Å². The minimum atomic E-state index is -0.554. The summed E-state index contributed by atoms with van der Waals surface area (Å²) in [6.45, 7) is 7.82. The molecule has 0 N–H and O–H groups in total. The highest BCUT2D eigenvalue weighted by Gasteiger charge is 2.26. The predicted molar refractivity (Wildman–Crippen MR) is 140 cm³/mol. The predicted octanol–water partition coefficient (Wildman–Crippen LogP) is 6.34. The number of allylic oxidation sites excluding steroid dienone is 1. The van der Waals surface area contributed by atoms with Crippen molar-refractivity contribution in [1.82, 2.24) is 9.88 Å². The zero-order chi connectivity index (χ0) is 25.0. The molecule has 0 radical (unpaired) electrons. The molecule has 5 nitrogen and oxygen atoms in total. The lowest BCUT2D eigenvalue weighted by molar-refractivity contribution is -0.143. The van der Waals surface area contributed by atoms with Crippen molar-refractivity contribution in [3.8, 4) is 11.6 Å². The summed E-state index contributed by atoms with van der Waals surface area (Å²) in [5.41, 5.74) is 3.86. The van der Waals surface area contributed by atoms with E-state index in [4.69, 9.17) is 9.47 Å². The Morgan fingerprint density at radius 1 is 1.23 bits per heavy atom. The topological polar surface area (TPSA) is 51.7 Å². The van der Waals surface area contributed by atoms with E-state index >= 15 is 0 Å². The summed E-state index contributed by atoms with van der Waals surface area (Å²) in [5.74, 6) is 0.955. The van der Waals surface area contributed by atoms with Gasteiger partial charge in [0.05, 0.1) is 12.1 Å². The first-order chi connectivity index (χ1) is 16.7. The molecule has 1 aliphatic carbocycles. The fourth-order valence-electron chi connectivity index (χ4n) is 4.51. The maximum atomic E-state index is 12.4. The van der Waals surface area contributed by atoms with Gasteiger partial charge in [-0.05, 0) is 82.2 Å². The third-order valence-electron chi connectivity index (χ3n) is 6.43. The first-order valence-electron chi connectivity index (χ1n) is 12.4. The summed E-state index contributed by atoms with van der Waals surface area (Å²) in [5, 5.41) is 0. The second-order valence-electron chi connectivity index (χ2n) is 10.3. The minimum absolute atomic E-state index is 0.0896. The van der Waals surface area contributed by atoms with Crippen LogP contribution in [0.25, 0.3) is 5.57 Å². The summed E-state index contributed by atoms with van der Waals surface area (Å²) in [6.07, 6.45) is 6.30. The number of esters is 1. The van der Waals surface area contributed by atoms with Crippen LogP contribution in [0.3, 0.4) is 0 Å². The van der Waals surface area contributed by atoms with Gasteiger partial charge in [-0.1, -0.05) is 22.0 Å². The van der Waals surface area contributed by atoms with E-state index in [1.807, 2.05) is 51.2 Å². The average Bonchev–Trinajstić information content (AvgIpc) is 3.19. The number of alkyl halides is 1. The van der Waals surface area contributed by atoms with Crippen molar-refractivity contribution in [2.45, 2.75) is 59.0 Å². The smallest absolute Gasteiger partial charge is 0.316 e.